The predicted octanol–water partition coefficient (Wildman–Crippen LogP) is -1.13. The van der Waals surface area contributed by atoms with Crippen LogP contribution in [0.3, 0.4) is 0 Å². The molecule has 56 valence electrons. The van der Waals surface area contributed by atoms with Gasteiger partial charge < -0.3 is 15.9 Å². The van der Waals surface area contributed by atoms with E-state index in [1.807, 2.05) is 0 Å². The molecule has 4 N–H and O–H groups in total. The van der Waals surface area contributed by atoms with Crippen molar-refractivity contribution in [1.29, 1.82) is 0 Å². The van der Waals surface area contributed by atoms with Crippen LogP contribution in [0.5, 0.6) is 0 Å². The molecule has 1 aliphatic rings. The molecule has 10 heavy (non-hydrogen) atoms. The van der Waals surface area contributed by atoms with Gasteiger partial charge in [-0.1, -0.05) is 0 Å². The molecule has 0 aromatic heterocycles. The molecule has 1 fully saturated rings. The molecule has 0 spiro atoms. The van der Waals surface area contributed by atoms with Gasteiger partial charge in [0.15, 0.2) is 0 Å². The molecule has 0 aliphatic heterocycles. The van der Waals surface area contributed by atoms with Crippen LogP contribution in [0.2, 0.25) is 0 Å². The molecule has 0 saturated heterocycles. The summed E-state index contributed by atoms with van der Waals surface area (Å²) in [5.74, 6) is -3.27. The highest BCUT2D eigenvalue weighted by Crippen LogP contribution is 2.41. The van der Waals surface area contributed by atoms with Gasteiger partial charge in [0.25, 0.3) is 0 Å². The van der Waals surface area contributed by atoms with Gasteiger partial charge in [-0.15, -0.1) is 0 Å². The van der Waals surface area contributed by atoms with Gasteiger partial charge in [-0.3, -0.25) is 9.59 Å². The van der Waals surface area contributed by atoms with E-state index >= 15 is 0 Å². The average molecular weight is 145 g/mol. The summed E-state index contributed by atoms with van der Waals surface area (Å²) in [5, 5.41) is 16.6. The van der Waals surface area contributed by atoms with Gasteiger partial charge in [0, 0.05) is 0 Å². The lowest BCUT2D eigenvalue weighted by molar-refractivity contribution is -0.145. The highest BCUT2D eigenvalue weighted by molar-refractivity contribution is 5.92. The zero-order chi connectivity index (χ0) is 7.94. The van der Waals surface area contributed by atoms with Crippen molar-refractivity contribution in [3.8, 4) is 0 Å². The standard InChI is InChI=1S/C5H7NO4/c6-5(4(9)10)1-2(5)3(7)8/h2H,1,6H2,(H,7,8)(H,9,10)/t2?,5-/m1/s1. The maximum Gasteiger partial charge on any atom is 0.324 e. The predicted molar refractivity (Wildman–Crippen MR) is 30.3 cm³/mol. The fraction of sp³-hybridized carbons (Fsp3) is 0.600. The number of hydrogen-bond acceptors (Lipinski definition) is 3. The highest BCUT2D eigenvalue weighted by atomic mass is 16.4. The maximum absolute atomic E-state index is 10.2. The Hall–Kier alpha value is -1.10. The number of nitrogens with two attached hydrogens (primary N) is 1. The average Bonchev–Trinajstić information content (AvgIpc) is 2.43. The summed E-state index contributed by atoms with van der Waals surface area (Å²) in [4.78, 5) is 20.3. The summed E-state index contributed by atoms with van der Waals surface area (Å²) < 4.78 is 0. The Kier molecular flexibility index (Phi) is 1.19. The van der Waals surface area contributed by atoms with Gasteiger partial charge in [0.05, 0.1) is 5.92 Å². The number of carboxylic acid groups (broad SMARTS) is 2. The fourth-order valence-corrected chi connectivity index (χ4v) is 0.823. The molecule has 0 amide bonds. The van der Waals surface area contributed by atoms with E-state index in [0.29, 0.717) is 0 Å². The summed E-state index contributed by atoms with van der Waals surface area (Å²) in [7, 11) is 0. The fourth-order valence-electron chi connectivity index (χ4n) is 0.823. The maximum atomic E-state index is 10.2. The zero-order valence-corrected chi connectivity index (χ0v) is 5.07. The van der Waals surface area contributed by atoms with E-state index in [0.717, 1.165) is 0 Å². The van der Waals surface area contributed by atoms with Crippen molar-refractivity contribution in [2.45, 2.75) is 12.0 Å². The molecule has 0 aromatic rings. The third kappa shape index (κ3) is 0.750. The van der Waals surface area contributed by atoms with Crippen molar-refractivity contribution in [3.05, 3.63) is 0 Å². The van der Waals surface area contributed by atoms with E-state index < -0.39 is 23.4 Å². The molecule has 1 saturated carbocycles. The van der Waals surface area contributed by atoms with Crippen LogP contribution in [0.25, 0.3) is 0 Å². The van der Waals surface area contributed by atoms with Gasteiger partial charge in [-0.05, 0) is 6.42 Å². The number of hydrogen-bond donors (Lipinski definition) is 3. The summed E-state index contributed by atoms with van der Waals surface area (Å²) in [6.07, 6.45) is 0.0394. The monoisotopic (exact) mass is 145 g/mol. The Bertz CT molecular complexity index is 202. The normalized spacial score (nSPS) is 37.1. The van der Waals surface area contributed by atoms with Crippen LogP contribution in [0.4, 0.5) is 0 Å². The smallest absolute Gasteiger partial charge is 0.324 e. The SMILES string of the molecule is N[C@]1(C(=O)O)CC1C(=O)O. The topological polar surface area (TPSA) is 101 Å². The van der Waals surface area contributed by atoms with Gasteiger partial charge in [-0.2, -0.15) is 0 Å². The van der Waals surface area contributed by atoms with E-state index in [9.17, 15) is 9.59 Å². The van der Waals surface area contributed by atoms with Crippen molar-refractivity contribution < 1.29 is 19.8 Å². The van der Waals surface area contributed by atoms with Crippen LogP contribution >= 0.6 is 0 Å². The van der Waals surface area contributed by atoms with Gasteiger partial charge >= 0.3 is 11.9 Å². The molecule has 0 heterocycles. The third-order valence-corrected chi connectivity index (χ3v) is 1.70. The molecule has 2 atom stereocenters. The first-order valence-corrected chi connectivity index (χ1v) is 2.73. The van der Waals surface area contributed by atoms with Gasteiger partial charge in [0.1, 0.15) is 5.54 Å². The minimum absolute atomic E-state index is 0.0394. The molecule has 0 aromatic carbocycles. The lowest BCUT2D eigenvalue weighted by Crippen LogP contribution is -2.36. The van der Waals surface area contributed by atoms with Crippen LogP contribution in [0, 0.1) is 5.92 Å². The molecule has 1 unspecified atom stereocenters. The Morgan fingerprint density at radius 3 is 2.10 bits per heavy atom. The van der Waals surface area contributed by atoms with E-state index in [1.54, 1.807) is 0 Å². The second-order valence-corrected chi connectivity index (χ2v) is 2.44. The Morgan fingerprint density at radius 2 is 2.00 bits per heavy atom. The van der Waals surface area contributed by atoms with Crippen LogP contribution in [0.1, 0.15) is 6.42 Å². The van der Waals surface area contributed by atoms with E-state index in [1.165, 1.54) is 0 Å². The lowest BCUT2D eigenvalue weighted by Gasteiger charge is -1.99. The van der Waals surface area contributed by atoms with Crippen molar-refractivity contribution in [2.75, 3.05) is 0 Å². The second kappa shape index (κ2) is 1.69. The van der Waals surface area contributed by atoms with Crippen molar-refractivity contribution in [3.63, 3.8) is 0 Å². The summed E-state index contributed by atoms with van der Waals surface area (Å²) >= 11 is 0. The van der Waals surface area contributed by atoms with Crippen molar-refractivity contribution in [1.82, 2.24) is 0 Å². The molecule has 5 nitrogen and oxygen atoms in total. The summed E-state index contributed by atoms with van der Waals surface area (Å²) in [6, 6.07) is 0. The van der Waals surface area contributed by atoms with Crippen LogP contribution < -0.4 is 5.73 Å². The number of carbonyl (C=O) groups is 2. The molecule has 0 radical (unpaired) electrons. The second-order valence-electron chi connectivity index (χ2n) is 2.44. The molecular weight excluding hydrogens is 138 g/mol. The Balaban J connectivity index is 2.65. The summed E-state index contributed by atoms with van der Waals surface area (Å²) in [5.41, 5.74) is 3.66. The van der Waals surface area contributed by atoms with Gasteiger partial charge in [-0.25, -0.2) is 0 Å². The largest absolute Gasteiger partial charge is 0.481 e. The molecule has 1 aliphatic carbocycles. The number of aliphatic carboxylic acids is 2. The molecule has 1 rings (SSSR count). The first-order chi connectivity index (χ1) is 4.48. The molecule has 0 bridgehead atoms. The molecular formula is C5H7NO4. The summed E-state index contributed by atoms with van der Waals surface area (Å²) in [6.45, 7) is 0. The zero-order valence-electron chi connectivity index (χ0n) is 5.07. The van der Waals surface area contributed by atoms with Crippen LogP contribution in [-0.4, -0.2) is 27.7 Å². The number of rotatable bonds is 2. The minimum atomic E-state index is -1.49. The Morgan fingerprint density at radius 1 is 1.50 bits per heavy atom. The minimum Gasteiger partial charge on any atom is -0.481 e. The van der Waals surface area contributed by atoms with Gasteiger partial charge in [0.2, 0.25) is 0 Å². The number of carboxylic acids is 2. The highest BCUT2D eigenvalue weighted by Gasteiger charge is 2.62. The molecule has 5 heteroatoms. The first-order valence-electron chi connectivity index (χ1n) is 2.73. The van der Waals surface area contributed by atoms with Crippen LogP contribution in [0.15, 0.2) is 0 Å². The quantitative estimate of drug-likeness (QED) is 0.456. The Labute approximate surface area is 56.4 Å². The first kappa shape index (κ1) is 7.01. The van der Waals surface area contributed by atoms with Crippen LogP contribution in [-0.2, 0) is 9.59 Å². The van der Waals surface area contributed by atoms with Crippen molar-refractivity contribution in [2.24, 2.45) is 11.7 Å². The van der Waals surface area contributed by atoms with E-state index in [-0.39, 0.29) is 6.42 Å². The van der Waals surface area contributed by atoms with Crippen molar-refractivity contribution >= 4 is 11.9 Å². The van der Waals surface area contributed by atoms with E-state index in [4.69, 9.17) is 15.9 Å². The van der Waals surface area contributed by atoms with E-state index in [2.05, 4.69) is 0 Å². The lowest BCUT2D eigenvalue weighted by atomic mass is 10.2. The third-order valence-electron chi connectivity index (χ3n) is 1.70.